The van der Waals surface area contributed by atoms with Crippen LogP contribution in [0.1, 0.15) is 19.8 Å². The van der Waals surface area contributed by atoms with Crippen LogP contribution in [-0.2, 0) is 4.74 Å². The van der Waals surface area contributed by atoms with Crippen molar-refractivity contribution in [1.29, 1.82) is 0 Å². The molecule has 92 valence electrons. The molecule has 3 nitrogen and oxygen atoms in total. The molecule has 0 unspecified atom stereocenters. The molecule has 0 saturated carbocycles. The standard InChI is InChI=1S/C9H19F3N2O/c1-2-3-5-14(6-4-13)7-8-15-9(10,11)12/h2-8,13H2,1H3. The van der Waals surface area contributed by atoms with Crippen molar-refractivity contribution >= 4 is 0 Å². The lowest BCUT2D eigenvalue weighted by Gasteiger charge is -2.21. The van der Waals surface area contributed by atoms with E-state index < -0.39 is 6.36 Å². The summed E-state index contributed by atoms with van der Waals surface area (Å²) < 4.78 is 38.7. The highest BCUT2D eigenvalue weighted by atomic mass is 19.4. The van der Waals surface area contributed by atoms with Gasteiger partial charge < -0.3 is 5.73 Å². The van der Waals surface area contributed by atoms with Crippen LogP contribution in [0, 0.1) is 0 Å². The van der Waals surface area contributed by atoms with E-state index in [9.17, 15) is 13.2 Å². The van der Waals surface area contributed by atoms with Gasteiger partial charge in [-0.1, -0.05) is 13.3 Å². The van der Waals surface area contributed by atoms with Crippen LogP contribution < -0.4 is 5.73 Å². The molecule has 0 aromatic carbocycles. The van der Waals surface area contributed by atoms with Crippen LogP contribution in [0.3, 0.4) is 0 Å². The van der Waals surface area contributed by atoms with Crippen LogP contribution in [0.15, 0.2) is 0 Å². The topological polar surface area (TPSA) is 38.5 Å². The summed E-state index contributed by atoms with van der Waals surface area (Å²) in [6, 6.07) is 0. The number of unbranched alkanes of at least 4 members (excludes halogenated alkanes) is 1. The first-order chi connectivity index (χ1) is 6.99. The van der Waals surface area contributed by atoms with Crippen LogP contribution in [0.2, 0.25) is 0 Å². The second-order valence-corrected chi connectivity index (χ2v) is 3.28. The van der Waals surface area contributed by atoms with E-state index in [0.717, 1.165) is 19.4 Å². The Kier molecular flexibility index (Phi) is 7.72. The van der Waals surface area contributed by atoms with Crippen molar-refractivity contribution < 1.29 is 17.9 Å². The molecule has 15 heavy (non-hydrogen) atoms. The van der Waals surface area contributed by atoms with Crippen molar-refractivity contribution in [2.24, 2.45) is 5.73 Å². The fourth-order valence-corrected chi connectivity index (χ4v) is 1.19. The molecule has 0 aliphatic carbocycles. The summed E-state index contributed by atoms with van der Waals surface area (Å²) in [4.78, 5) is 1.88. The van der Waals surface area contributed by atoms with E-state index in [-0.39, 0.29) is 13.2 Å². The molecule has 0 atom stereocenters. The maximum absolute atomic E-state index is 11.7. The van der Waals surface area contributed by atoms with E-state index in [1.165, 1.54) is 0 Å². The van der Waals surface area contributed by atoms with Crippen molar-refractivity contribution in [3.8, 4) is 0 Å². The molecule has 2 N–H and O–H groups in total. The molecule has 0 spiro atoms. The SMILES string of the molecule is CCCCN(CCN)CCOC(F)(F)F. The monoisotopic (exact) mass is 228 g/mol. The zero-order chi connectivity index (χ0) is 11.7. The van der Waals surface area contributed by atoms with E-state index in [1.807, 2.05) is 11.8 Å². The summed E-state index contributed by atoms with van der Waals surface area (Å²) in [5, 5.41) is 0. The highest BCUT2D eigenvalue weighted by Crippen LogP contribution is 2.15. The Morgan fingerprint density at radius 1 is 1.20 bits per heavy atom. The molecule has 0 radical (unpaired) electrons. The molecule has 0 bridgehead atoms. The quantitative estimate of drug-likeness (QED) is 0.685. The van der Waals surface area contributed by atoms with E-state index >= 15 is 0 Å². The lowest BCUT2D eigenvalue weighted by molar-refractivity contribution is -0.325. The van der Waals surface area contributed by atoms with E-state index in [0.29, 0.717) is 13.1 Å². The number of rotatable bonds is 8. The summed E-state index contributed by atoms with van der Waals surface area (Å²) >= 11 is 0. The predicted molar refractivity (Wildman–Crippen MR) is 52.4 cm³/mol. The highest BCUT2D eigenvalue weighted by Gasteiger charge is 2.28. The minimum absolute atomic E-state index is 0.275. The van der Waals surface area contributed by atoms with Gasteiger partial charge in [0.2, 0.25) is 0 Å². The first kappa shape index (κ1) is 14.7. The Labute approximate surface area is 88.4 Å². The van der Waals surface area contributed by atoms with Crippen LogP contribution >= 0.6 is 0 Å². The Morgan fingerprint density at radius 2 is 1.87 bits per heavy atom. The number of alkyl halides is 3. The van der Waals surface area contributed by atoms with Crippen molar-refractivity contribution in [2.45, 2.75) is 26.1 Å². The van der Waals surface area contributed by atoms with Crippen molar-refractivity contribution in [2.75, 3.05) is 32.8 Å². The number of halogens is 3. The molecule has 0 aliphatic rings. The van der Waals surface area contributed by atoms with E-state index in [4.69, 9.17) is 5.73 Å². The smallest absolute Gasteiger partial charge is 0.329 e. The van der Waals surface area contributed by atoms with E-state index in [2.05, 4.69) is 4.74 Å². The van der Waals surface area contributed by atoms with Gasteiger partial charge in [-0.05, 0) is 13.0 Å². The molecule has 0 aromatic rings. The van der Waals surface area contributed by atoms with Crippen molar-refractivity contribution in [3.05, 3.63) is 0 Å². The van der Waals surface area contributed by atoms with Crippen LogP contribution in [0.25, 0.3) is 0 Å². The molecule has 0 fully saturated rings. The molecule has 0 amide bonds. The van der Waals surface area contributed by atoms with Gasteiger partial charge >= 0.3 is 6.36 Å². The number of hydrogen-bond donors (Lipinski definition) is 1. The first-order valence-electron chi connectivity index (χ1n) is 5.12. The number of ether oxygens (including phenoxy) is 1. The van der Waals surface area contributed by atoms with Crippen LogP contribution in [0.4, 0.5) is 13.2 Å². The molecule has 0 heterocycles. The third kappa shape index (κ3) is 9.96. The molecule has 0 aliphatic heterocycles. The lowest BCUT2D eigenvalue weighted by Crippen LogP contribution is -2.34. The highest BCUT2D eigenvalue weighted by molar-refractivity contribution is 4.57. The Balaban J connectivity index is 3.65. The summed E-state index contributed by atoms with van der Waals surface area (Å²) in [6.45, 7) is 3.82. The molecule has 6 heteroatoms. The molecule has 0 rings (SSSR count). The predicted octanol–water partition coefficient (Wildman–Crippen LogP) is 1.58. The normalized spacial score (nSPS) is 12.4. The van der Waals surface area contributed by atoms with Gasteiger partial charge in [-0.3, -0.25) is 9.64 Å². The average molecular weight is 228 g/mol. The Hall–Kier alpha value is -0.330. The lowest BCUT2D eigenvalue weighted by atomic mass is 10.3. The zero-order valence-electron chi connectivity index (χ0n) is 9.02. The summed E-state index contributed by atoms with van der Waals surface area (Å²) in [5.41, 5.74) is 5.35. The Morgan fingerprint density at radius 3 is 2.33 bits per heavy atom. The summed E-state index contributed by atoms with van der Waals surface area (Å²) in [5.74, 6) is 0. The first-order valence-corrected chi connectivity index (χ1v) is 5.12. The minimum atomic E-state index is -4.53. The van der Waals surface area contributed by atoms with Gasteiger partial charge in [0.05, 0.1) is 6.61 Å². The minimum Gasteiger partial charge on any atom is -0.329 e. The second-order valence-electron chi connectivity index (χ2n) is 3.28. The number of nitrogens with two attached hydrogens (primary N) is 1. The van der Waals surface area contributed by atoms with E-state index in [1.54, 1.807) is 0 Å². The Bertz CT molecular complexity index is 153. The fraction of sp³-hybridized carbons (Fsp3) is 1.00. The maximum Gasteiger partial charge on any atom is 0.522 e. The van der Waals surface area contributed by atoms with Gasteiger partial charge in [0.15, 0.2) is 0 Å². The van der Waals surface area contributed by atoms with Crippen molar-refractivity contribution in [3.63, 3.8) is 0 Å². The molecular weight excluding hydrogens is 209 g/mol. The molecule has 0 saturated heterocycles. The summed E-state index contributed by atoms with van der Waals surface area (Å²) in [6.07, 6.45) is -2.55. The molecule has 0 aromatic heterocycles. The fourth-order valence-electron chi connectivity index (χ4n) is 1.19. The zero-order valence-corrected chi connectivity index (χ0v) is 9.02. The largest absolute Gasteiger partial charge is 0.522 e. The van der Waals surface area contributed by atoms with Gasteiger partial charge in [0.25, 0.3) is 0 Å². The second kappa shape index (κ2) is 7.90. The van der Waals surface area contributed by atoms with Gasteiger partial charge in [0, 0.05) is 19.6 Å². The summed E-state index contributed by atoms with van der Waals surface area (Å²) in [7, 11) is 0. The van der Waals surface area contributed by atoms with Gasteiger partial charge in [0.1, 0.15) is 0 Å². The third-order valence-corrected chi connectivity index (χ3v) is 1.95. The van der Waals surface area contributed by atoms with Gasteiger partial charge in [-0.2, -0.15) is 0 Å². The van der Waals surface area contributed by atoms with Crippen LogP contribution in [0.5, 0.6) is 0 Å². The van der Waals surface area contributed by atoms with Crippen molar-refractivity contribution in [1.82, 2.24) is 4.90 Å². The average Bonchev–Trinajstić information content (AvgIpc) is 2.12. The third-order valence-electron chi connectivity index (χ3n) is 1.95. The van der Waals surface area contributed by atoms with Gasteiger partial charge in [-0.15, -0.1) is 13.2 Å². The molecular formula is C9H19F3N2O. The number of hydrogen-bond acceptors (Lipinski definition) is 3. The maximum atomic E-state index is 11.7. The number of nitrogens with zero attached hydrogens (tertiary/aromatic N) is 1. The van der Waals surface area contributed by atoms with Crippen LogP contribution in [-0.4, -0.2) is 44.0 Å². The van der Waals surface area contributed by atoms with Gasteiger partial charge in [-0.25, -0.2) is 0 Å².